The fourth-order valence-electron chi connectivity index (χ4n) is 4.18. The summed E-state index contributed by atoms with van der Waals surface area (Å²) < 4.78 is 2.27. The Morgan fingerprint density at radius 2 is 1.73 bits per heavy atom. The molecule has 0 aliphatic carbocycles. The van der Waals surface area contributed by atoms with Crippen LogP contribution < -0.4 is 5.56 Å². The molecule has 0 atom stereocenters. The molecular weight excluding hydrogens is 378 g/mol. The zero-order chi connectivity index (χ0) is 21.1. The molecule has 0 unspecified atom stereocenters. The molecule has 1 fully saturated rings. The van der Waals surface area contributed by atoms with E-state index in [1.54, 1.807) is 6.07 Å². The zero-order valence-electron chi connectivity index (χ0n) is 17.7. The average Bonchev–Trinajstić information content (AvgIpc) is 3.06. The van der Waals surface area contributed by atoms with Crippen LogP contribution in [-0.2, 0) is 17.9 Å². The molecule has 4 rings (SSSR count). The molecule has 2 aromatic heterocycles. The van der Waals surface area contributed by atoms with Crippen molar-refractivity contribution in [1.29, 1.82) is 0 Å². The Balaban J connectivity index is 1.26. The number of nitrogens with zero attached hydrogens (tertiary/aromatic N) is 4. The van der Waals surface area contributed by atoms with Gasteiger partial charge in [0.05, 0.1) is 17.4 Å². The van der Waals surface area contributed by atoms with E-state index >= 15 is 0 Å². The lowest BCUT2D eigenvalue weighted by atomic mass is 10.2. The smallest absolute Gasteiger partial charge is 0.258 e. The first kappa shape index (κ1) is 20.3. The van der Waals surface area contributed by atoms with E-state index in [2.05, 4.69) is 45.4 Å². The van der Waals surface area contributed by atoms with E-state index in [0.29, 0.717) is 24.2 Å². The second-order valence-electron chi connectivity index (χ2n) is 8.06. The van der Waals surface area contributed by atoms with E-state index in [1.165, 1.54) is 11.4 Å². The largest absolute Gasteiger partial charge is 0.349 e. The minimum absolute atomic E-state index is 0.0995. The number of fused-ring (bicyclic) bond motifs is 1. The summed E-state index contributed by atoms with van der Waals surface area (Å²) in [5.41, 5.74) is 3.11. The fraction of sp³-hybridized carbons (Fsp3) is 0.435. The number of aromatic nitrogens is 3. The standard InChI is InChI=1S/C23H29N5O2/c1-17-9-10-18(2)28(17)11-5-8-22(29)27-14-12-26(13-15-27)16-21-24-20-7-4-3-6-19(20)23(30)25-21/h3-4,6-7,9-10H,5,8,11-16H2,1-2H3,(H,24,25,30). The van der Waals surface area contributed by atoms with Crippen LogP contribution in [0.1, 0.15) is 30.1 Å². The van der Waals surface area contributed by atoms with Gasteiger partial charge in [-0.15, -0.1) is 0 Å². The van der Waals surface area contributed by atoms with Crippen LogP contribution in [-0.4, -0.2) is 56.4 Å². The number of hydrogen-bond donors (Lipinski definition) is 1. The summed E-state index contributed by atoms with van der Waals surface area (Å²) in [4.78, 5) is 36.5. The topological polar surface area (TPSA) is 74.2 Å². The van der Waals surface area contributed by atoms with Gasteiger partial charge >= 0.3 is 0 Å². The van der Waals surface area contributed by atoms with Crippen LogP contribution in [0.4, 0.5) is 0 Å². The molecule has 1 aliphatic rings. The number of benzene rings is 1. The van der Waals surface area contributed by atoms with Crippen molar-refractivity contribution in [2.45, 2.75) is 39.8 Å². The van der Waals surface area contributed by atoms with E-state index in [0.717, 1.165) is 44.7 Å². The summed E-state index contributed by atoms with van der Waals surface area (Å²) in [5.74, 6) is 0.908. The minimum Gasteiger partial charge on any atom is -0.349 e. The van der Waals surface area contributed by atoms with E-state index in [-0.39, 0.29) is 11.5 Å². The number of para-hydroxylation sites is 1. The van der Waals surface area contributed by atoms with Crippen LogP contribution in [0.15, 0.2) is 41.2 Å². The molecule has 0 saturated carbocycles. The number of aryl methyl sites for hydroxylation is 2. The number of carbonyl (C=O) groups excluding carboxylic acids is 1. The molecule has 1 N–H and O–H groups in total. The van der Waals surface area contributed by atoms with Gasteiger partial charge in [0.1, 0.15) is 5.82 Å². The molecule has 1 saturated heterocycles. The van der Waals surface area contributed by atoms with Crippen LogP contribution in [0, 0.1) is 13.8 Å². The van der Waals surface area contributed by atoms with Gasteiger partial charge in [0, 0.05) is 50.5 Å². The van der Waals surface area contributed by atoms with Crippen LogP contribution in [0.2, 0.25) is 0 Å². The highest BCUT2D eigenvalue weighted by Gasteiger charge is 2.21. The number of hydrogen-bond acceptors (Lipinski definition) is 4. The van der Waals surface area contributed by atoms with Crippen molar-refractivity contribution in [2.24, 2.45) is 0 Å². The summed E-state index contributed by atoms with van der Waals surface area (Å²) in [6.07, 6.45) is 1.44. The summed E-state index contributed by atoms with van der Waals surface area (Å²) in [5, 5.41) is 0.613. The van der Waals surface area contributed by atoms with Gasteiger partial charge in [0.25, 0.3) is 5.56 Å². The Bertz CT molecular complexity index is 1070. The maximum Gasteiger partial charge on any atom is 0.258 e. The molecule has 1 amide bonds. The van der Waals surface area contributed by atoms with E-state index < -0.39 is 0 Å². The highest BCUT2D eigenvalue weighted by Crippen LogP contribution is 2.12. The van der Waals surface area contributed by atoms with Gasteiger partial charge in [-0.1, -0.05) is 12.1 Å². The molecule has 30 heavy (non-hydrogen) atoms. The van der Waals surface area contributed by atoms with Crippen molar-refractivity contribution in [3.8, 4) is 0 Å². The first-order valence-corrected chi connectivity index (χ1v) is 10.6. The molecule has 3 heterocycles. The predicted molar refractivity (Wildman–Crippen MR) is 117 cm³/mol. The van der Waals surface area contributed by atoms with Gasteiger partial charge in [0.2, 0.25) is 5.91 Å². The van der Waals surface area contributed by atoms with Crippen molar-refractivity contribution < 1.29 is 4.79 Å². The molecule has 158 valence electrons. The van der Waals surface area contributed by atoms with Crippen LogP contribution in [0.25, 0.3) is 10.9 Å². The van der Waals surface area contributed by atoms with Crippen molar-refractivity contribution >= 4 is 16.8 Å². The molecule has 7 nitrogen and oxygen atoms in total. The quantitative estimate of drug-likeness (QED) is 0.681. The Kier molecular flexibility index (Phi) is 5.99. The minimum atomic E-state index is -0.0995. The maximum absolute atomic E-state index is 12.6. The highest BCUT2D eigenvalue weighted by molar-refractivity contribution is 5.77. The summed E-state index contributed by atoms with van der Waals surface area (Å²) >= 11 is 0. The van der Waals surface area contributed by atoms with Crippen molar-refractivity contribution in [1.82, 2.24) is 24.3 Å². The molecule has 0 radical (unpaired) electrons. The second-order valence-corrected chi connectivity index (χ2v) is 8.06. The lowest BCUT2D eigenvalue weighted by Crippen LogP contribution is -2.48. The number of aromatic amines is 1. The summed E-state index contributed by atoms with van der Waals surface area (Å²) in [6, 6.07) is 11.6. The van der Waals surface area contributed by atoms with Gasteiger partial charge in [-0.05, 0) is 44.5 Å². The molecule has 0 spiro atoms. The molecule has 0 bridgehead atoms. The number of nitrogens with one attached hydrogen (secondary N) is 1. The predicted octanol–water partition coefficient (Wildman–Crippen LogP) is 2.47. The number of carbonyl (C=O) groups is 1. The third-order valence-corrected chi connectivity index (χ3v) is 5.95. The molecule has 7 heteroatoms. The Hall–Kier alpha value is -2.93. The first-order valence-electron chi connectivity index (χ1n) is 10.6. The fourth-order valence-corrected chi connectivity index (χ4v) is 4.18. The summed E-state index contributed by atoms with van der Waals surface area (Å²) in [7, 11) is 0. The van der Waals surface area contributed by atoms with Gasteiger partial charge in [-0.3, -0.25) is 14.5 Å². The van der Waals surface area contributed by atoms with Crippen LogP contribution in [0.3, 0.4) is 0 Å². The van der Waals surface area contributed by atoms with Gasteiger partial charge in [-0.2, -0.15) is 0 Å². The normalized spacial score (nSPS) is 15.1. The Morgan fingerprint density at radius 3 is 2.47 bits per heavy atom. The molecule has 1 aliphatic heterocycles. The van der Waals surface area contributed by atoms with Gasteiger partial charge in [-0.25, -0.2) is 4.98 Å². The monoisotopic (exact) mass is 407 g/mol. The first-order chi connectivity index (χ1) is 14.5. The van der Waals surface area contributed by atoms with Crippen LogP contribution >= 0.6 is 0 Å². The van der Waals surface area contributed by atoms with Crippen molar-refractivity contribution in [2.75, 3.05) is 26.2 Å². The van der Waals surface area contributed by atoms with E-state index in [1.807, 2.05) is 23.1 Å². The van der Waals surface area contributed by atoms with Gasteiger partial charge in [0.15, 0.2) is 0 Å². The van der Waals surface area contributed by atoms with E-state index in [4.69, 9.17) is 0 Å². The number of piperazine rings is 1. The van der Waals surface area contributed by atoms with Crippen molar-refractivity contribution in [3.05, 3.63) is 64.0 Å². The molecule has 3 aromatic rings. The summed E-state index contributed by atoms with van der Waals surface area (Å²) in [6.45, 7) is 8.70. The number of H-pyrrole nitrogens is 1. The highest BCUT2D eigenvalue weighted by atomic mass is 16.2. The van der Waals surface area contributed by atoms with Gasteiger partial charge < -0.3 is 14.5 Å². The Morgan fingerprint density at radius 1 is 1.03 bits per heavy atom. The average molecular weight is 408 g/mol. The lowest BCUT2D eigenvalue weighted by molar-refractivity contribution is -0.133. The zero-order valence-corrected chi connectivity index (χ0v) is 17.7. The SMILES string of the molecule is Cc1ccc(C)n1CCCC(=O)N1CCN(Cc2nc3ccccc3c(=O)[nH]2)CC1. The lowest BCUT2D eigenvalue weighted by Gasteiger charge is -2.34. The maximum atomic E-state index is 12.6. The van der Waals surface area contributed by atoms with E-state index in [9.17, 15) is 9.59 Å². The number of amides is 1. The molecule has 1 aromatic carbocycles. The molecular formula is C23H29N5O2. The third-order valence-electron chi connectivity index (χ3n) is 5.95. The van der Waals surface area contributed by atoms with Crippen LogP contribution in [0.5, 0.6) is 0 Å². The second kappa shape index (κ2) is 8.83. The number of rotatable bonds is 6. The van der Waals surface area contributed by atoms with Crippen molar-refractivity contribution in [3.63, 3.8) is 0 Å². The Labute approximate surface area is 176 Å². The third kappa shape index (κ3) is 4.46.